The van der Waals surface area contributed by atoms with Gasteiger partial charge in [0.1, 0.15) is 11.5 Å². The van der Waals surface area contributed by atoms with Crippen molar-refractivity contribution in [2.24, 2.45) is 0 Å². The van der Waals surface area contributed by atoms with E-state index in [0.717, 1.165) is 0 Å². The van der Waals surface area contributed by atoms with Gasteiger partial charge >= 0.3 is 5.97 Å². The molecule has 0 fully saturated rings. The number of methoxy groups -OCH3 is 1. The summed E-state index contributed by atoms with van der Waals surface area (Å²) in [5.74, 6) is -0.0217. The Morgan fingerprint density at radius 2 is 1.84 bits per heavy atom. The second-order valence-electron chi connectivity index (χ2n) is 5.11. The van der Waals surface area contributed by atoms with Crippen molar-refractivity contribution < 1.29 is 27.8 Å². The lowest BCUT2D eigenvalue weighted by Crippen LogP contribution is -2.25. The summed E-state index contributed by atoms with van der Waals surface area (Å²) in [6, 6.07) is 12.2. The Hall–Kier alpha value is -2.58. The highest BCUT2D eigenvalue weighted by atomic mass is 32.2. The first-order valence-electron chi connectivity index (χ1n) is 7.52. The fourth-order valence-electron chi connectivity index (χ4n) is 2.03. The summed E-state index contributed by atoms with van der Waals surface area (Å²) < 4.78 is 37.2. The Kier molecular flexibility index (Phi) is 6.37. The first-order valence-corrected chi connectivity index (χ1v) is 9.00. The highest BCUT2D eigenvalue weighted by Crippen LogP contribution is 2.15. The fourth-order valence-corrected chi connectivity index (χ4v) is 3.10. The lowest BCUT2D eigenvalue weighted by atomic mass is 10.2. The first kappa shape index (κ1) is 18.8. The van der Waals surface area contributed by atoms with Gasteiger partial charge in [-0.05, 0) is 48.9 Å². The van der Waals surface area contributed by atoms with Crippen molar-refractivity contribution in [2.75, 3.05) is 20.3 Å². The number of nitrogens with one attached hydrogen (secondary N) is 1. The number of hydrogen-bond acceptors (Lipinski definition) is 5. The Morgan fingerprint density at radius 1 is 1.12 bits per heavy atom. The van der Waals surface area contributed by atoms with Crippen LogP contribution in [0.1, 0.15) is 16.8 Å². The SMILES string of the molecule is COc1ccc(S(=O)(=O)NCCCOc2cccc(C(=O)O)c2)cc1. The Balaban J connectivity index is 1.80. The van der Waals surface area contributed by atoms with Gasteiger partial charge < -0.3 is 14.6 Å². The third kappa shape index (κ3) is 5.47. The van der Waals surface area contributed by atoms with E-state index >= 15 is 0 Å². The second kappa shape index (κ2) is 8.50. The average Bonchev–Trinajstić information content (AvgIpc) is 2.61. The third-order valence-corrected chi connectivity index (χ3v) is 4.81. The molecule has 2 N–H and O–H groups in total. The molecule has 0 heterocycles. The van der Waals surface area contributed by atoms with Crippen LogP contribution in [0.2, 0.25) is 0 Å². The molecule has 25 heavy (non-hydrogen) atoms. The number of sulfonamides is 1. The number of carboxylic acids is 1. The highest BCUT2D eigenvalue weighted by molar-refractivity contribution is 7.89. The Labute approximate surface area is 146 Å². The minimum atomic E-state index is -3.59. The van der Waals surface area contributed by atoms with E-state index < -0.39 is 16.0 Å². The molecule has 0 bridgehead atoms. The number of aromatic carboxylic acids is 1. The zero-order valence-corrected chi connectivity index (χ0v) is 14.5. The molecule has 2 rings (SSSR count). The summed E-state index contributed by atoms with van der Waals surface area (Å²) in [5.41, 5.74) is 0.137. The summed E-state index contributed by atoms with van der Waals surface area (Å²) in [7, 11) is -2.08. The molecule has 8 heteroatoms. The van der Waals surface area contributed by atoms with E-state index in [-0.39, 0.29) is 23.6 Å². The zero-order valence-electron chi connectivity index (χ0n) is 13.6. The average molecular weight is 365 g/mol. The standard InChI is InChI=1S/C17H19NO6S/c1-23-14-6-8-16(9-7-14)25(21,22)18-10-3-11-24-15-5-2-4-13(12-15)17(19)20/h2,4-9,12,18H,3,10-11H2,1H3,(H,19,20). The molecule has 134 valence electrons. The van der Waals surface area contributed by atoms with E-state index in [1.807, 2.05) is 0 Å². The van der Waals surface area contributed by atoms with Gasteiger partial charge in [0.2, 0.25) is 10.0 Å². The number of benzene rings is 2. The molecule has 0 amide bonds. The first-order chi connectivity index (χ1) is 11.9. The van der Waals surface area contributed by atoms with Gasteiger partial charge in [0, 0.05) is 6.54 Å². The van der Waals surface area contributed by atoms with Crippen LogP contribution in [0.25, 0.3) is 0 Å². The fraction of sp³-hybridized carbons (Fsp3) is 0.235. The van der Waals surface area contributed by atoms with Gasteiger partial charge in [-0.1, -0.05) is 6.07 Å². The molecule has 0 aliphatic rings. The van der Waals surface area contributed by atoms with Gasteiger partial charge in [-0.25, -0.2) is 17.9 Å². The molecule has 0 spiro atoms. The van der Waals surface area contributed by atoms with Crippen LogP contribution in [0.4, 0.5) is 0 Å². The van der Waals surface area contributed by atoms with Crippen molar-refractivity contribution in [1.29, 1.82) is 0 Å². The third-order valence-electron chi connectivity index (χ3n) is 3.33. The van der Waals surface area contributed by atoms with E-state index in [2.05, 4.69) is 4.72 Å². The molecule has 0 atom stereocenters. The minimum absolute atomic E-state index is 0.137. The lowest BCUT2D eigenvalue weighted by molar-refractivity contribution is 0.0696. The molecular weight excluding hydrogens is 346 g/mol. The Bertz CT molecular complexity index is 817. The monoisotopic (exact) mass is 365 g/mol. The molecule has 0 aliphatic carbocycles. The normalized spacial score (nSPS) is 11.1. The largest absolute Gasteiger partial charge is 0.497 e. The van der Waals surface area contributed by atoms with Crippen LogP contribution >= 0.6 is 0 Å². The molecular formula is C17H19NO6S. The van der Waals surface area contributed by atoms with Crippen LogP contribution in [0, 0.1) is 0 Å². The minimum Gasteiger partial charge on any atom is -0.497 e. The molecule has 0 saturated carbocycles. The van der Waals surface area contributed by atoms with E-state index in [4.69, 9.17) is 14.6 Å². The number of carbonyl (C=O) groups is 1. The van der Waals surface area contributed by atoms with Gasteiger partial charge in [0.25, 0.3) is 0 Å². The van der Waals surface area contributed by atoms with Gasteiger partial charge in [0.05, 0.1) is 24.2 Å². The maximum atomic E-state index is 12.1. The molecule has 0 aliphatic heterocycles. The van der Waals surface area contributed by atoms with Crippen molar-refractivity contribution in [3.63, 3.8) is 0 Å². The lowest BCUT2D eigenvalue weighted by Gasteiger charge is -2.09. The van der Waals surface area contributed by atoms with Crippen molar-refractivity contribution in [3.05, 3.63) is 54.1 Å². The van der Waals surface area contributed by atoms with Crippen molar-refractivity contribution in [2.45, 2.75) is 11.3 Å². The molecule has 0 aromatic heterocycles. The predicted molar refractivity (Wildman–Crippen MR) is 91.7 cm³/mol. The van der Waals surface area contributed by atoms with Crippen LogP contribution in [0.3, 0.4) is 0 Å². The van der Waals surface area contributed by atoms with E-state index in [1.54, 1.807) is 24.3 Å². The zero-order chi connectivity index (χ0) is 18.3. The van der Waals surface area contributed by atoms with Crippen molar-refractivity contribution >= 4 is 16.0 Å². The van der Waals surface area contributed by atoms with E-state index in [0.29, 0.717) is 17.9 Å². The molecule has 7 nitrogen and oxygen atoms in total. The number of rotatable bonds is 9. The quantitative estimate of drug-likeness (QED) is 0.660. The van der Waals surface area contributed by atoms with Gasteiger partial charge in [-0.2, -0.15) is 0 Å². The number of carboxylic acid groups (broad SMARTS) is 1. The van der Waals surface area contributed by atoms with Gasteiger partial charge in [0.15, 0.2) is 0 Å². The van der Waals surface area contributed by atoms with Crippen LogP contribution < -0.4 is 14.2 Å². The Morgan fingerprint density at radius 3 is 2.48 bits per heavy atom. The van der Waals surface area contributed by atoms with Crippen LogP contribution in [0.15, 0.2) is 53.4 Å². The van der Waals surface area contributed by atoms with E-state index in [1.165, 1.54) is 31.4 Å². The van der Waals surface area contributed by atoms with E-state index in [9.17, 15) is 13.2 Å². The van der Waals surface area contributed by atoms with Crippen LogP contribution in [-0.4, -0.2) is 39.8 Å². The topological polar surface area (TPSA) is 102 Å². The summed E-state index contributed by atoms with van der Waals surface area (Å²) in [6.07, 6.45) is 0.437. The molecule has 0 radical (unpaired) electrons. The predicted octanol–water partition coefficient (Wildman–Crippen LogP) is 2.14. The maximum absolute atomic E-state index is 12.1. The number of hydrogen-bond donors (Lipinski definition) is 2. The molecule has 0 saturated heterocycles. The molecule has 2 aromatic rings. The summed E-state index contributed by atoms with van der Waals surface area (Å²) in [4.78, 5) is 11.0. The van der Waals surface area contributed by atoms with Gasteiger partial charge in [-0.3, -0.25) is 0 Å². The maximum Gasteiger partial charge on any atom is 0.335 e. The summed E-state index contributed by atoms with van der Waals surface area (Å²) >= 11 is 0. The second-order valence-corrected chi connectivity index (χ2v) is 6.88. The summed E-state index contributed by atoms with van der Waals surface area (Å²) in [6.45, 7) is 0.460. The van der Waals surface area contributed by atoms with Crippen molar-refractivity contribution in [3.8, 4) is 11.5 Å². The molecule has 2 aromatic carbocycles. The van der Waals surface area contributed by atoms with Gasteiger partial charge in [-0.15, -0.1) is 0 Å². The van der Waals surface area contributed by atoms with Crippen LogP contribution in [0.5, 0.6) is 11.5 Å². The summed E-state index contributed by atoms with van der Waals surface area (Å²) in [5, 5.41) is 8.91. The van der Waals surface area contributed by atoms with Crippen molar-refractivity contribution in [1.82, 2.24) is 4.72 Å². The number of ether oxygens (including phenoxy) is 2. The highest BCUT2D eigenvalue weighted by Gasteiger charge is 2.13. The van der Waals surface area contributed by atoms with Crippen LogP contribution in [-0.2, 0) is 10.0 Å². The smallest absolute Gasteiger partial charge is 0.335 e. The molecule has 0 unspecified atom stereocenters.